The Morgan fingerprint density at radius 2 is 1.88 bits per heavy atom. The molecule has 0 aromatic heterocycles. The van der Waals surface area contributed by atoms with E-state index >= 15 is 8.78 Å². The fourth-order valence-corrected chi connectivity index (χ4v) is 11.1. The molecule has 1 N–H and O–H groups in total. The van der Waals surface area contributed by atoms with Crippen molar-refractivity contribution < 1.29 is 28.3 Å². The normalized spacial score (nSPS) is 46.8. The summed E-state index contributed by atoms with van der Waals surface area (Å²) in [5.41, 5.74) is -5.97. The Balaban J connectivity index is 1.35. The molecule has 0 bridgehead atoms. The summed E-state index contributed by atoms with van der Waals surface area (Å²) in [6, 6.07) is 7.25. The molecule has 0 spiro atoms. The van der Waals surface area contributed by atoms with Crippen LogP contribution in [0.2, 0.25) is 5.02 Å². The third kappa shape index (κ3) is 3.37. The van der Waals surface area contributed by atoms with Crippen LogP contribution in [-0.2, 0) is 14.4 Å². The fraction of sp³-hybridized carbons (Fsp3) is 0.625. The van der Waals surface area contributed by atoms with Gasteiger partial charge in [0.25, 0.3) is 0 Å². The number of anilines is 1. The van der Waals surface area contributed by atoms with Gasteiger partial charge in [0.15, 0.2) is 17.1 Å². The van der Waals surface area contributed by atoms with E-state index < -0.39 is 45.7 Å². The number of aliphatic hydroxyl groups is 1. The first-order valence-corrected chi connectivity index (χ1v) is 16.0. The molecule has 41 heavy (non-hydrogen) atoms. The van der Waals surface area contributed by atoms with Crippen molar-refractivity contribution in [3.63, 3.8) is 0 Å². The number of benzene rings is 1. The number of nitrogens with zero attached hydrogens (tertiary/aromatic N) is 1. The molecule has 0 amide bonds. The van der Waals surface area contributed by atoms with Gasteiger partial charge in [0.05, 0.1) is 18.3 Å². The summed E-state index contributed by atoms with van der Waals surface area (Å²) in [5, 5.41) is 14.4. The Hall–Kier alpha value is -1.74. The van der Waals surface area contributed by atoms with Gasteiger partial charge in [0.2, 0.25) is 5.12 Å². The average Bonchev–Trinajstić information content (AvgIpc) is 3.36. The lowest BCUT2D eigenvalue weighted by Gasteiger charge is -2.67. The van der Waals surface area contributed by atoms with Crippen molar-refractivity contribution >= 4 is 39.9 Å². The summed E-state index contributed by atoms with van der Waals surface area (Å²) in [6.07, 6.45) is 4.24. The maximum Gasteiger partial charge on any atom is 0.224 e. The lowest BCUT2D eigenvalue weighted by atomic mass is 9.40. The first-order valence-electron chi connectivity index (χ1n) is 14.7. The van der Waals surface area contributed by atoms with Crippen molar-refractivity contribution in [1.29, 1.82) is 0 Å². The number of halogens is 3. The van der Waals surface area contributed by atoms with Crippen molar-refractivity contribution in [3.8, 4) is 0 Å². The molecule has 9 heteroatoms. The van der Waals surface area contributed by atoms with Gasteiger partial charge < -0.3 is 5.11 Å². The highest BCUT2D eigenvalue weighted by molar-refractivity contribution is 8.14. The number of rotatable bonds is 3. The average molecular weight is 604 g/mol. The number of ketones is 1. The van der Waals surface area contributed by atoms with Crippen LogP contribution in [0.5, 0.6) is 0 Å². The summed E-state index contributed by atoms with van der Waals surface area (Å²) in [7, 11) is 0. The standard InChI is InChI=1S/C32H36ClF2NO4S/c1-28-12-11-21(37)13-23(28)24(34)14-25-29(2)15-18-17-36(20-9-7-19(33)8-10-20)40-32(18,27(39)41-22-5-4-6-22)30(29,3)16-26(38)31(25,28)35/h7-13,18,22,24-26,38H,4-6,14-17H2,1-3H3. The van der Waals surface area contributed by atoms with Crippen molar-refractivity contribution in [2.45, 2.75) is 88.1 Å². The number of hydrogen-bond acceptors (Lipinski definition) is 6. The third-order valence-electron chi connectivity index (χ3n) is 12.1. The van der Waals surface area contributed by atoms with Crippen LogP contribution >= 0.6 is 23.4 Å². The van der Waals surface area contributed by atoms with Gasteiger partial charge in [-0.2, -0.15) is 0 Å². The highest BCUT2D eigenvalue weighted by Gasteiger charge is 2.83. The van der Waals surface area contributed by atoms with Crippen LogP contribution < -0.4 is 5.06 Å². The molecule has 1 heterocycles. The number of thioether (sulfide) groups is 1. The van der Waals surface area contributed by atoms with E-state index in [2.05, 4.69) is 0 Å². The van der Waals surface area contributed by atoms with Gasteiger partial charge in [-0.1, -0.05) is 49.7 Å². The molecule has 9 atom stereocenters. The molecule has 1 aliphatic heterocycles. The van der Waals surface area contributed by atoms with E-state index in [1.807, 2.05) is 26.0 Å². The SMILES string of the molecule is CC12C=CC(=O)C=C1C(F)CC1C3(C)CC4CN(c5ccc(Cl)cc5)OC4(C(=O)SC4CCC4)C3(C)CC(O)C12F. The summed E-state index contributed by atoms with van der Waals surface area (Å²) in [5.74, 6) is -1.54. The predicted molar refractivity (Wildman–Crippen MR) is 155 cm³/mol. The quantitative estimate of drug-likeness (QED) is 0.421. The van der Waals surface area contributed by atoms with E-state index in [0.717, 1.165) is 24.9 Å². The second-order valence-corrected chi connectivity index (χ2v) is 15.5. The number of fused-ring (bicyclic) bond motifs is 7. The van der Waals surface area contributed by atoms with Gasteiger partial charge in [0.1, 0.15) is 6.17 Å². The number of aliphatic hydroxyl groups excluding tert-OH is 1. The van der Waals surface area contributed by atoms with Gasteiger partial charge >= 0.3 is 0 Å². The van der Waals surface area contributed by atoms with E-state index in [-0.39, 0.29) is 40.5 Å². The molecule has 4 saturated carbocycles. The summed E-state index contributed by atoms with van der Waals surface area (Å²) >= 11 is 7.47. The molecule has 6 aliphatic rings. The number of allylic oxidation sites excluding steroid dienone is 4. The molecule has 1 aromatic carbocycles. The summed E-state index contributed by atoms with van der Waals surface area (Å²) in [6.45, 7) is 5.97. The Labute approximate surface area is 248 Å². The second-order valence-electron chi connectivity index (χ2n) is 13.8. The molecule has 5 nitrogen and oxygen atoms in total. The van der Waals surface area contributed by atoms with Crippen LogP contribution in [0.1, 0.15) is 59.3 Å². The van der Waals surface area contributed by atoms with Gasteiger partial charge in [-0.25, -0.2) is 8.78 Å². The Morgan fingerprint density at radius 3 is 2.54 bits per heavy atom. The largest absolute Gasteiger partial charge is 0.390 e. The molecule has 1 saturated heterocycles. The maximum atomic E-state index is 17.9. The molecule has 0 radical (unpaired) electrons. The van der Waals surface area contributed by atoms with Crippen LogP contribution in [0.15, 0.2) is 48.1 Å². The highest BCUT2D eigenvalue weighted by atomic mass is 35.5. The smallest absolute Gasteiger partial charge is 0.224 e. The molecule has 9 unspecified atom stereocenters. The van der Waals surface area contributed by atoms with E-state index in [4.69, 9.17) is 16.4 Å². The summed E-state index contributed by atoms with van der Waals surface area (Å²) in [4.78, 5) is 33.5. The molecular formula is C32H36ClF2NO4S. The fourth-order valence-electron chi connectivity index (χ4n) is 9.53. The lowest BCUT2D eigenvalue weighted by Crippen LogP contribution is -2.73. The van der Waals surface area contributed by atoms with Gasteiger partial charge in [-0.05, 0) is 86.4 Å². The predicted octanol–water partition coefficient (Wildman–Crippen LogP) is 6.58. The van der Waals surface area contributed by atoms with Crippen LogP contribution in [-0.4, -0.2) is 51.3 Å². The number of carbonyl (C=O) groups is 2. The monoisotopic (exact) mass is 603 g/mol. The van der Waals surface area contributed by atoms with Gasteiger partial charge in [-0.15, -0.1) is 0 Å². The topological polar surface area (TPSA) is 66.8 Å². The second kappa shape index (κ2) is 8.90. The first-order chi connectivity index (χ1) is 19.3. The number of carbonyl (C=O) groups excluding carboxylic acids is 2. The van der Waals surface area contributed by atoms with Gasteiger partial charge in [-0.3, -0.25) is 19.5 Å². The molecular weight excluding hydrogens is 568 g/mol. The molecule has 220 valence electrons. The molecule has 5 fully saturated rings. The minimum atomic E-state index is -2.22. The van der Waals surface area contributed by atoms with Crippen LogP contribution in [0, 0.1) is 28.1 Å². The minimum Gasteiger partial charge on any atom is -0.390 e. The van der Waals surface area contributed by atoms with E-state index in [1.54, 1.807) is 24.1 Å². The van der Waals surface area contributed by atoms with Crippen molar-refractivity contribution in [3.05, 3.63) is 53.1 Å². The molecule has 5 aliphatic carbocycles. The Kier molecular flexibility index (Phi) is 6.09. The zero-order valence-corrected chi connectivity index (χ0v) is 25.1. The van der Waals surface area contributed by atoms with Crippen LogP contribution in [0.25, 0.3) is 0 Å². The first kappa shape index (κ1) is 28.1. The number of alkyl halides is 2. The highest BCUT2D eigenvalue weighted by Crippen LogP contribution is 2.78. The van der Waals surface area contributed by atoms with Crippen molar-refractivity contribution in [1.82, 2.24) is 0 Å². The Morgan fingerprint density at radius 1 is 1.17 bits per heavy atom. The summed E-state index contributed by atoms with van der Waals surface area (Å²) < 4.78 is 33.9. The Bertz CT molecular complexity index is 1380. The van der Waals surface area contributed by atoms with Crippen molar-refractivity contribution in [2.24, 2.45) is 28.1 Å². The molecule has 1 aromatic rings. The van der Waals surface area contributed by atoms with E-state index in [0.29, 0.717) is 18.0 Å². The van der Waals surface area contributed by atoms with Gasteiger partial charge in [0, 0.05) is 32.9 Å². The molecule has 7 rings (SSSR count). The zero-order chi connectivity index (χ0) is 29.2. The van der Waals surface area contributed by atoms with E-state index in [9.17, 15) is 14.7 Å². The maximum absolute atomic E-state index is 17.9. The van der Waals surface area contributed by atoms with Crippen LogP contribution in [0.4, 0.5) is 14.5 Å². The lowest BCUT2D eigenvalue weighted by molar-refractivity contribution is -0.254. The van der Waals surface area contributed by atoms with E-state index in [1.165, 1.54) is 30.0 Å². The van der Waals surface area contributed by atoms with Crippen molar-refractivity contribution in [2.75, 3.05) is 11.6 Å². The third-order valence-corrected chi connectivity index (χ3v) is 13.7. The minimum absolute atomic E-state index is 0.0139. The zero-order valence-electron chi connectivity index (χ0n) is 23.5. The number of hydroxylamine groups is 1. The number of hydrogen-bond donors (Lipinski definition) is 1. The van der Waals surface area contributed by atoms with Crippen LogP contribution in [0.3, 0.4) is 0 Å².